The van der Waals surface area contributed by atoms with Crippen molar-refractivity contribution in [1.82, 2.24) is 10.2 Å². The lowest BCUT2D eigenvalue weighted by atomic mass is 9.84. The number of amides is 3. The average Bonchev–Trinajstić information content (AvgIpc) is 3.04. The molecule has 238 valence electrons. The summed E-state index contributed by atoms with van der Waals surface area (Å²) in [6.45, 7) is 5.60. The number of benzene rings is 3. The number of carbonyl (C=O) groups excluding carboxylic acids is 4. The maximum absolute atomic E-state index is 14.0. The van der Waals surface area contributed by atoms with Crippen molar-refractivity contribution in [1.29, 1.82) is 0 Å². The fraction of sp³-hybridized carbons (Fsp3) is 0.371. The number of nitrogens with one attached hydrogen (secondary N) is 2. The van der Waals surface area contributed by atoms with Crippen molar-refractivity contribution in [2.24, 2.45) is 0 Å². The zero-order chi connectivity index (χ0) is 32.4. The van der Waals surface area contributed by atoms with Crippen LogP contribution in [-0.2, 0) is 30.2 Å². The van der Waals surface area contributed by atoms with Crippen LogP contribution in [0.3, 0.4) is 0 Å². The number of nitrogens with zero attached hydrogens (tertiary/aromatic N) is 1. The Morgan fingerprint density at radius 1 is 0.956 bits per heavy atom. The number of hydrogen-bond donors (Lipinski definition) is 2. The third kappa shape index (κ3) is 9.15. The summed E-state index contributed by atoms with van der Waals surface area (Å²) < 4.78 is 16.3. The first-order valence-electron chi connectivity index (χ1n) is 15.0. The van der Waals surface area contributed by atoms with Crippen molar-refractivity contribution in [3.63, 3.8) is 0 Å². The van der Waals surface area contributed by atoms with Gasteiger partial charge >= 0.3 is 12.2 Å². The number of para-hydroxylation sites is 1. The van der Waals surface area contributed by atoms with Crippen molar-refractivity contribution < 1.29 is 33.4 Å². The Bertz CT molecular complexity index is 1400. The number of aryl methyl sites for hydroxylation is 1. The first-order chi connectivity index (χ1) is 21.6. The zero-order valence-electron chi connectivity index (χ0n) is 26.1. The minimum atomic E-state index is -1.00. The number of methoxy groups -OCH3 is 1. The summed E-state index contributed by atoms with van der Waals surface area (Å²) in [7, 11) is 1.26. The molecular weight excluding hydrogens is 574 g/mol. The first-order valence-corrected chi connectivity index (χ1v) is 15.0. The number of alkyl carbamates (subject to hydrolysis) is 1. The molecule has 10 nitrogen and oxygen atoms in total. The number of aldehydes is 1. The molecule has 3 atom stereocenters. The Labute approximate surface area is 264 Å². The van der Waals surface area contributed by atoms with E-state index in [0.717, 1.165) is 16.7 Å². The molecule has 2 N–H and O–H groups in total. The summed E-state index contributed by atoms with van der Waals surface area (Å²) in [6, 6.07) is 24.7. The van der Waals surface area contributed by atoms with E-state index in [1.165, 1.54) is 12.0 Å². The van der Waals surface area contributed by atoms with Gasteiger partial charge in [0.25, 0.3) is 0 Å². The van der Waals surface area contributed by atoms with Crippen LogP contribution in [0.15, 0.2) is 84.9 Å². The van der Waals surface area contributed by atoms with Gasteiger partial charge in [-0.15, -0.1) is 0 Å². The van der Waals surface area contributed by atoms with Crippen LogP contribution < -0.4 is 10.6 Å². The van der Waals surface area contributed by atoms with Crippen LogP contribution in [0.25, 0.3) is 0 Å². The van der Waals surface area contributed by atoms with Crippen LogP contribution in [0.5, 0.6) is 0 Å². The summed E-state index contributed by atoms with van der Waals surface area (Å²) in [4.78, 5) is 52.4. The molecule has 0 aliphatic carbocycles. The Balaban J connectivity index is 1.53. The number of morpholine rings is 1. The van der Waals surface area contributed by atoms with Gasteiger partial charge in [-0.05, 0) is 56.4 Å². The second kappa shape index (κ2) is 15.3. The molecular formula is C35H41N3O7. The van der Waals surface area contributed by atoms with Crippen LogP contribution in [0, 0.1) is 0 Å². The van der Waals surface area contributed by atoms with Gasteiger partial charge in [-0.25, -0.2) is 9.59 Å². The van der Waals surface area contributed by atoms with Crippen LogP contribution in [0.1, 0.15) is 49.8 Å². The van der Waals surface area contributed by atoms with Gasteiger partial charge in [-0.1, -0.05) is 78.9 Å². The molecule has 0 bridgehead atoms. The lowest BCUT2D eigenvalue weighted by Crippen LogP contribution is -2.54. The molecule has 1 aliphatic heterocycles. The minimum Gasteiger partial charge on any atom is -0.453 e. The molecule has 0 saturated carbocycles. The summed E-state index contributed by atoms with van der Waals surface area (Å²) >= 11 is 0. The van der Waals surface area contributed by atoms with Gasteiger partial charge in [0.1, 0.15) is 24.0 Å². The topological polar surface area (TPSA) is 123 Å². The molecule has 3 aromatic rings. The van der Waals surface area contributed by atoms with Crippen molar-refractivity contribution in [3.05, 3.63) is 102 Å². The van der Waals surface area contributed by atoms with Crippen LogP contribution in [0.2, 0.25) is 0 Å². The monoisotopic (exact) mass is 615 g/mol. The third-order valence-corrected chi connectivity index (χ3v) is 7.49. The molecule has 4 rings (SSSR count). The van der Waals surface area contributed by atoms with Gasteiger partial charge < -0.3 is 29.6 Å². The van der Waals surface area contributed by atoms with Gasteiger partial charge in [0.2, 0.25) is 5.91 Å². The van der Waals surface area contributed by atoms with E-state index in [9.17, 15) is 19.2 Å². The molecule has 1 heterocycles. The molecule has 0 unspecified atom stereocenters. The Hall–Kier alpha value is -4.70. The summed E-state index contributed by atoms with van der Waals surface area (Å²) in [6.07, 6.45) is 0.117. The highest BCUT2D eigenvalue weighted by Crippen LogP contribution is 2.30. The Morgan fingerprint density at radius 3 is 2.13 bits per heavy atom. The number of carbonyl (C=O) groups is 4. The van der Waals surface area contributed by atoms with Gasteiger partial charge in [0.05, 0.1) is 26.4 Å². The first kappa shape index (κ1) is 33.2. The van der Waals surface area contributed by atoms with Crippen LogP contribution in [0.4, 0.5) is 15.3 Å². The number of ether oxygens (including phenoxy) is 3. The van der Waals surface area contributed by atoms with E-state index in [0.29, 0.717) is 24.8 Å². The standard InChI is InChI=1S/C35H41N3O7/c1-35(2,3)45-34(42)38-21-28(44-23-27(38)22-39)20-19-24-13-11-12-18-29(24)36-32(40)31(37-33(41)43-4)30(25-14-7-5-8-15-25)26-16-9-6-10-17-26/h5-18,22,27-28,30-31H,19-21,23H2,1-4H3,(H,36,40)(H,37,41)/t27-,28-,31+/m1/s1. The maximum Gasteiger partial charge on any atom is 0.411 e. The number of rotatable bonds is 10. The van der Waals surface area contributed by atoms with E-state index in [2.05, 4.69) is 10.6 Å². The highest BCUT2D eigenvalue weighted by Gasteiger charge is 2.36. The van der Waals surface area contributed by atoms with E-state index < -0.39 is 41.7 Å². The van der Waals surface area contributed by atoms with E-state index in [-0.39, 0.29) is 19.3 Å². The Kier molecular flexibility index (Phi) is 11.3. The molecule has 45 heavy (non-hydrogen) atoms. The predicted molar refractivity (Wildman–Crippen MR) is 170 cm³/mol. The van der Waals surface area contributed by atoms with Gasteiger partial charge in [0, 0.05) is 11.6 Å². The molecule has 0 spiro atoms. The summed E-state index contributed by atoms with van der Waals surface area (Å²) in [5.41, 5.74) is 2.45. The fourth-order valence-corrected chi connectivity index (χ4v) is 5.32. The molecule has 0 radical (unpaired) electrons. The van der Waals surface area contributed by atoms with Crippen molar-refractivity contribution in [2.75, 3.05) is 25.6 Å². The summed E-state index contributed by atoms with van der Waals surface area (Å²) in [5, 5.41) is 5.79. The lowest BCUT2D eigenvalue weighted by Gasteiger charge is -2.38. The third-order valence-electron chi connectivity index (χ3n) is 7.49. The largest absolute Gasteiger partial charge is 0.453 e. The second-order valence-corrected chi connectivity index (χ2v) is 11.9. The molecule has 3 aromatic carbocycles. The molecule has 1 aliphatic rings. The highest BCUT2D eigenvalue weighted by molar-refractivity contribution is 5.98. The summed E-state index contributed by atoms with van der Waals surface area (Å²) in [5.74, 6) is -0.914. The van der Waals surface area contributed by atoms with Crippen molar-refractivity contribution in [2.45, 2.75) is 63.3 Å². The maximum atomic E-state index is 14.0. The normalized spacial score (nSPS) is 17.2. The average molecular weight is 616 g/mol. The van der Waals surface area contributed by atoms with E-state index in [4.69, 9.17) is 14.2 Å². The van der Waals surface area contributed by atoms with Crippen molar-refractivity contribution >= 4 is 30.1 Å². The van der Waals surface area contributed by atoms with E-state index >= 15 is 0 Å². The molecule has 3 amide bonds. The van der Waals surface area contributed by atoms with E-state index in [1.807, 2.05) is 78.9 Å². The van der Waals surface area contributed by atoms with Crippen molar-refractivity contribution in [3.8, 4) is 0 Å². The van der Waals surface area contributed by atoms with Crippen LogP contribution in [-0.4, -0.2) is 73.3 Å². The van der Waals surface area contributed by atoms with E-state index in [1.54, 1.807) is 26.8 Å². The minimum absolute atomic E-state index is 0.0764. The van der Waals surface area contributed by atoms with Gasteiger partial charge in [0.15, 0.2) is 0 Å². The van der Waals surface area contributed by atoms with Gasteiger partial charge in [-0.3, -0.25) is 9.69 Å². The molecule has 1 saturated heterocycles. The van der Waals surface area contributed by atoms with Gasteiger partial charge in [-0.2, -0.15) is 0 Å². The fourth-order valence-electron chi connectivity index (χ4n) is 5.32. The zero-order valence-corrected chi connectivity index (χ0v) is 26.1. The smallest absolute Gasteiger partial charge is 0.411 e. The molecule has 0 aromatic heterocycles. The SMILES string of the molecule is COC(=O)N[C@H](C(=O)Nc1ccccc1CC[C@@H]1CN(C(=O)OC(C)(C)C)[C@H](C=O)CO1)C(c1ccccc1)c1ccccc1. The Morgan fingerprint density at radius 2 is 1.56 bits per heavy atom. The molecule has 10 heteroatoms. The quantitative estimate of drug-likeness (QED) is 0.296. The number of anilines is 1. The highest BCUT2D eigenvalue weighted by atomic mass is 16.6. The van der Waals surface area contributed by atoms with Crippen LogP contribution >= 0.6 is 0 Å². The number of hydrogen-bond acceptors (Lipinski definition) is 7. The predicted octanol–water partition coefficient (Wildman–Crippen LogP) is 5.32. The second-order valence-electron chi connectivity index (χ2n) is 11.9. The molecule has 1 fully saturated rings. The lowest BCUT2D eigenvalue weighted by molar-refractivity contribution is -0.123.